The number of urea groups is 1. The molecule has 2 saturated heterocycles. The highest BCUT2D eigenvalue weighted by Gasteiger charge is 2.33. The molecule has 1 atom stereocenters. The summed E-state index contributed by atoms with van der Waals surface area (Å²) >= 11 is 0. The Balaban J connectivity index is 1.44. The quantitative estimate of drug-likeness (QED) is 0.820. The van der Waals surface area contributed by atoms with E-state index < -0.39 is 0 Å². The molecule has 0 aromatic rings. The molecular formula is C17H30N4O2. The number of likely N-dealkylation sites (tertiary alicyclic amines) is 1. The summed E-state index contributed by atoms with van der Waals surface area (Å²) < 4.78 is 0. The second-order valence-electron chi connectivity index (χ2n) is 7.21. The second-order valence-corrected chi connectivity index (χ2v) is 7.21. The van der Waals surface area contributed by atoms with Crippen molar-refractivity contribution in [3.8, 4) is 0 Å². The summed E-state index contributed by atoms with van der Waals surface area (Å²) in [5.74, 6) is 0.175. The van der Waals surface area contributed by atoms with Crippen LogP contribution in [0.3, 0.4) is 0 Å². The molecule has 0 bridgehead atoms. The molecule has 0 aromatic carbocycles. The summed E-state index contributed by atoms with van der Waals surface area (Å²) in [4.78, 5) is 28.5. The van der Waals surface area contributed by atoms with Crippen LogP contribution in [0.15, 0.2) is 0 Å². The molecule has 0 unspecified atom stereocenters. The summed E-state index contributed by atoms with van der Waals surface area (Å²) in [7, 11) is 0. The van der Waals surface area contributed by atoms with Gasteiger partial charge in [-0.3, -0.25) is 9.69 Å². The van der Waals surface area contributed by atoms with Crippen LogP contribution >= 0.6 is 0 Å². The van der Waals surface area contributed by atoms with Crippen molar-refractivity contribution in [2.45, 2.75) is 70.0 Å². The van der Waals surface area contributed by atoms with Crippen LogP contribution in [-0.4, -0.2) is 66.0 Å². The average molecular weight is 322 g/mol. The Hall–Kier alpha value is -1.30. The Kier molecular flexibility index (Phi) is 5.41. The lowest BCUT2D eigenvalue weighted by molar-refractivity contribution is -0.127. The van der Waals surface area contributed by atoms with E-state index in [1.807, 2.05) is 11.8 Å². The van der Waals surface area contributed by atoms with Crippen molar-refractivity contribution in [3.63, 3.8) is 0 Å². The largest absolute Gasteiger partial charge is 0.352 e. The number of piperidine rings is 1. The van der Waals surface area contributed by atoms with Crippen LogP contribution in [0, 0.1) is 0 Å². The van der Waals surface area contributed by atoms with E-state index in [9.17, 15) is 9.59 Å². The molecule has 3 fully saturated rings. The van der Waals surface area contributed by atoms with E-state index in [0.29, 0.717) is 12.1 Å². The minimum absolute atomic E-state index is 0.0646. The van der Waals surface area contributed by atoms with Crippen LogP contribution in [0.1, 0.15) is 51.9 Å². The number of hydrogen-bond donors (Lipinski definition) is 2. The maximum atomic E-state index is 12.5. The fourth-order valence-corrected chi connectivity index (χ4v) is 4.15. The van der Waals surface area contributed by atoms with Gasteiger partial charge in [-0.15, -0.1) is 0 Å². The minimum atomic E-state index is -0.0646. The summed E-state index contributed by atoms with van der Waals surface area (Å²) in [5, 5.41) is 6.11. The number of nitrogens with zero attached hydrogens (tertiary/aromatic N) is 2. The fraction of sp³-hybridized carbons (Fsp3) is 0.882. The first-order chi connectivity index (χ1) is 11.1. The maximum absolute atomic E-state index is 12.5. The highest BCUT2D eigenvalue weighted by molar-refractivity contribution is 5.81. The van der Waals surface area contributed by atoms with Gasteiger partial charge < -0.3 is 15.5 Å². The minimum Gasteiger partial charge on any atom is -0.352 e. The molecule has 130 valence electrons. The normalized spacial score (nSPS) is 26.1. The van der Waals surface area contributed by atoms with Gasteiger partial charge in [0.15, 0.2) is 0 Å². The van der Waals surface area contributed by atoms with Crippen molar-refractivity contribution in [2.75, 3.05) is 26.2 Å². The van der Waals surface area contributed by atoms with Gasteiger partial charge in [0.2, 0.25) is 5.91 Å². The van der Waals surface area contributed by atoms with Gasteiger partial charge in [0, 0.05) is 38.3 Å². The molecule has 3 rings (SSSR count). The molecule has 6 nitrogen and oxygen atoms in total. The topological polar surface area (TPSA) is 64.7 Å². The molecule has 23 heavy (non-hydrogen) atoms. The third-order valence-electron chi connectivity index (χ3n) is 5.71. The highest BCUT2D eigenvalue weighted by atomic mass is 16.2. The van der Waals surface area contributed by atoms with Gasteiger partial charge in [0.25, 0.3) is 0 Å². The van der Waals surface area contributed by atoms with Gasteiger partial charge in [0.1, 0.15) is 0 Å². The predicted octanol–water partition coefficient (Wildman–Crippen LogP) is 1.31. The summed E-state index contributed by atoms with van der Waals surface area (Å²) in [5.41, 5.74) is 0. The predicted molar refractivity (Wildman–Crippen MR) is 89.2 cm³/mol. The van der Waals surface area contributed by atoms with Crippen molar-refractivity contribution >= 4 is 11.9 Å². The van der Waals surface area contributed by atoms with Gasteiger partial charge in [0.05, 0.1) is 6.04 Å². The van der Waals surface area contributed by atoms with Gasteiger partial charge in [-0.2, -0.15) is 0 Å². The van der Waals surface area contributed by atoms with Crippen molar-refractivity contribution in [2.24, 2.45) is 0 Å². The molecule has 1 aliphatic carbocycles. The first-order valence-electron chi connectivity index (χ1n) is 9.24. The number of hydrogen-bond acceptors (Lipinski definition) is 3. The van der Waals surface area contributed by atoms with Crippen molar-refractivity contribution in [1.29, 1.82) is 0 Å². The van der Waals surface area contributed by atoms with E-state index in [1.165, 1.54) is 19.3 Å². The number of nitrogens with one attached hydrogen (secondary N) is 2. The van der Waals surface area contributed by atoms with Crippen LogP contribution in [0.2, 0.25) is 0 Å². The monoisotopic (exact) mass is 322 g/mol. The van der Waals surface area contributed by atoms with E-state index in [0.717, 1.165) is 51.9 Å². The van der Waals surface area contributed by atoms with Gasteiger partial charge in [-0.05, 0) is 32.6 Å². The van der Waals surface area contributed by atoms with Crippen LogP contribution < -0.4 is 10.6 Å². The lowest BCUT2D eigenvalue weighted by atomic mass is 9.95. The zero-order valence-corrected chi connectivity index (χ0v) is 14.2. The first kappa shape index (κ1) is 16.6. The number of carbonyl (C=O) groups is 2. The Morgan fingerprint density at radius 1 is 1.13 bits per heavy atom. The third kappa shape index (κ3) is 3.97. The summed E-state index contributed by atoms with van der Waals surface area (Å²) in [6.45, 7) is 5.39. The zero-order chi connectivity index (χ0) is 16.2. The molecule has 2 heterocycles. The first-order valence-corrected chi connectivity index (χ1v) is 9.24. The van der Waals surface area contributed by atoms with Gasteiger partial charge in [-0.1, -0.05) is 19.3 Å². The van der Waals surface area contributed by atoms with E-state index in [4.69, 9.17) is 0 Å². The molecule has 3 aliphatic rings. The number of rotatable bonds is 4. The molecule has 0 radical (unpaired) electrons. The van der Waals surface area contributed by atoms with Crippen molar-refractivity contribution in [1.82, 2.24) is 20.4 Å². The Morgan fingerprint density at radius 3 is 2.43 bits per heavy atom. The average Bonchev–Trinajstić information content (AvgIpc) is 3.01. The molecule has 6 heteroatoms. The zero-order valence-electron chi connectivity index (χ0n) is 14.2. The lowest BCUT2D eigenvalue weighted by Gasteiger charge is -2.38. The van der Waals surface area contributed by atoms with E-state index in [2.05, 4.69) is 15.5 Å². The van der Waals surface area contributed by atoms with Crippen LogP contribution in [0.4, 0.5) is 4.79 Å². The van der Waals surface area contributed by atoms with Crippen LogP contribution in [0.5, 0.6) is 0 Å². The third-order valence-corrected chi connectivity index (χ3v) is 5.71. The number of amides is 3. The van der Waals surface area contributed by atoms with Crippen molar-refractivity contribution < 1.29 is 9.59 Å². The Labute approximate surface area is 139 Å². The molecular weight excluding hydrogens is 292 g/mol. The molecule has 1 saturated carbocycles. The molecule has 0 spiro atoms. The van der Waals surface area contributed by atoms with E-state index >= 15 is 0 Å². The lowest BCUT2D eigenvalue weighted by Crippen LogP contribution is -2.53. The second kappa shape index (κ2) is 7.51. The maximum Gasteiger partial charge on any atom is 0.317 e. The van der Waals surface area contributed by atoms with Crippen LogP contribution in [0.25, 0.3) is 0 Å². The van der Waals surface area contributed by atoms with Crippen molar-refractivity contribution in [3.05, 3.63) is 0 Å². The molecule has 3 amide bonds. The molecule has 2 N–H and O–H groups in total. The Bertz CT molecular complexity index is 428. The van der Waals surface area contributed by atoms with Crippen LogP contribution in [-0.2, 0) is 4.79 Å². The summed E-state index contributed by atoms with van der Waals surface area (Å²) in [6, 6.07) is 0.726. The van der Waals surface area contributed by atoms with E-state index in [-0.39, 0.29) is 18.0 Å². The Morgan fingerprint density at radius 2 is 1.83 bits per heavy atom. The fourth-order valence-electron chi connectivity index (χ4n) is 4.15. The van der Waals surface area contributed by atoms with E-state index in [1.54, 1.807) is 0 Å². The number of carbonyl (C=O) groups excluding carboxylic acids is 2. The van der Waals surface area contributed by atoms with Gasteiger partial charge in [-0.25, -0.2) is 4.79 Å². The molecule has 0 aromatic heterocycles. The summed E-state index contributed by atoms with van der Waals surface area (Å²) in [6.07, 6.45) is 7.98. The smallest absolute Gasteiger partial charge is 0.317 e. The molecule has 2 aliphatic heterocycles. The SMILES string of the molecule is C[C@H](C(=O)NC1CCCCC1)N1CCC(N2CCNC2=O)CC1. The van der Waals surface area contributed by atoms with Gasteiger partial charge >= 0.3 is 6.03 Å². The highest BCUT2D eigenvalue weighted by Crippen LogP contribution is 2.21. The standard InChI is InChI=1S/C17H30N4O2/c1-13(16(22)19-14-5-3-2-4-6-14)20-10-7-15(8-11-20)21-12-9-18-17(21)23/h13-15H,2-12H2,1H3,(H,18,23)(H,19,22)/t13-/m1/s1.